The standard InChI is InChI=1S/C14H19FN5O14P3/c1-4-13(23)10(22)14(15,5-31-36(27,28)34-37(29,30)33-35(24,25)26)32-12(13,2)20-6-17-7-8(20)18-11(16)19(3)9(7)21/h1,6,10,22-23H,5H2,2-3H3,(H2,16,18)(H,27,28)(H,29,30)(H2,24,25,26). The molecule has 0 radical (unpaired) electrons. The number of aliphatic hydroxyl groups excluding tert-OH is 1. The van der Waals surface area contributed by atoms with Crippen LogP contribution in [0.5, 0.6) is 0 Å². The molecular weight excluding hydrogens is 574 g/mol. The molecule has 0 aliphatic carbocycles. The fraction of sp³-hybridized carbons (Fsp3) is 0.500. The molecule has 8 N–H and O–H groups in total. The van der Waals surface area contributed by atoms with Crippen LogP contribution in [0.15, 0.2) is 11.1 Å². The normalized spacial score (nSPS) is 31.6. The second kappa shape index (κ2) is 9.00. The van der Waals surface area contributed by atoms with E-state index in [2.05, 4.69) is 23.1 Å². The van der Waals surface area contributed by atoms with Crippen molar-refractivity contribution in [1.29, 1.82) is 0 Å². The molecule has 0 bridgehead atoms. The molecule has 1 aliphatic heterocycles. The Morgan fingerprint density at radius 3 is 2.41 bits per heavy atom. The highest BCUT2D eigenvalue weighted by Crippen LogP contribution is 2.66. The molecule has 0 amide bonds. The number of rotatable bonds is 8. The van der Waals surface area contributed by atoms with Gasteiger partial charge in [-0.25, -0.2) is 23.1 Å². The monoisotopic (exact) mass is 593 g/mol. The SMILES string of the molecule is C#CC1(O)C(O)C(F)(COP(=O)(O)OP(=O)(O)OP(=O)(O)O)OC1(C)n1cnc2c(=O)n(C)c(N)nc21. The molecule has 23 heteroatoms. The lowest BCUT2D eigenvalue weighted by atomic mass is 9.86. The van der Waals surface area contributed by atoms with Crippen molar-refractivity contribution in [3.63, 3.8) is 0 Å². The van der Waals surface area contributed by atoms with E-state index in [-0.39, 0.29) is 17.1 Å². The molecule has 6 atom stereocenters. The lowest BCUT2D eigenvalue weighted by Gasteiger charge is -2.35. The van der Waals surface area contributed by atoms with Crippen molar-refractivity contribution in [2.75, 3.05) is 12.3 Å². The highest BCUT2D eigenvalue weighted by molar-refractivity contribution is 7.66. The van der Waals surface area contributed by atoms with Gasteiger partial charge in [0.2, 0.25) is 11.5 Å². The molecule has 6 unspecified atom stereocenters. The number of hydrogen-bond donors (Lipinski definition) is 7. The number of phosphoric acid groups is 3. The molecule has 3 rings (SSSR count). The summed E-state index contributed by atoms with van der Waals surface area (Å²) in [4.78, 5) is 56.1. The molecule has 19 nitrogen and oxygen atoms in total. The van der Waals surface area contributed by atoms with E-state index in [0.717, 1.165) is 22.4 Å². The number of phosphoric ester groups is 1. The number of anilines is 1. The quantitative estimate of drug-likeness (QED) is 0.131. The molecule has 1 saturated heterocycles. The van der Waals surface area contributed by atoms with Gasteiger partial charge < -0.3 is 40.3 Å². The summed E-state index contributed by atoms with van der Waals surface area (Å²) in [5, 5.41) is 21.6. The van der Waals surface area contributed by atoms with E-state index in [1.807, 2.05) is 0 Å². The van der Waals surface area contributed by atoms with Crippen LogP contribution in [0.2, 0.25) is 0 Å². The summed E-state index contributed by atoms with van der Waals surface area (Å²) in [5.74, 6) is -2.29. The van der Waals surface area contributed by atoms with Crippen LogP contribution in [0, 0.1) is 12.3 Å². The molecular formula is C14H19FN5O14P3. The van der Waals surface area contributed by atoms with Gasteiger partial charge in [0.15, 0.2) is 23.0 Å². The number of nitrogens with zero attached hydrogens (tertiary/aromatic N) is 4. The average Bonchev–Trinajstić information content (AvgIpc) is 3.22. The van der Waals surface area contributed by atoms with Gasteiger partial charge in [-0.3, -0.25) is 18.5 Å². The van der Waals surface area contributed by atoms with Gasteiger partial charge in [0.25, 0.3) is 11.4 Å². The van der Waals surface area contributed by atoms with E-state index < -0.39 is 58.9 Å². The molecule has 3 heterocycles. The predicted molar refractivity (Wildman–Crippen MR) is 115 cm³/mol. The molecule has 0 saturated carbocycles. The maximum atomic E-state index is 15.8. The zero-order chi connectivity index (χ0) is 28.4. The largest absolute Gasteiger partial charge is 0.490 e. The van der Waals surface area contributed by atoms with E-state index in [9.17, 15) is 38.5 Å². The van der Waals surface area contributed by atoms with Crippen LogP contribution in [0.3, 0.4) is 0 Å². The van der Waals surface area contributed by atoms with Gasteiger partial charge in [-0.05, 0) is 6.92 Å². The lowest BCUT2D eigenvalue weighted by Crippen LogP contribution is -2.56. The van der Waals surface area contributed by atoms with E-state index in [4.69, 9.17) is 26.7 Å². The first-order valence-electron chi connectivity index (χ1n) is 9.37. The topological polar surface area (TPSA) is 288 Å². The van der Waals surface area contributed by atoms with Crippen LogP contribution in [0.4, 0.5) is 10.3 Å². The number of halogens is 1. The third-order valence-electron chi connectivity index (χ3n) is 5.21. The van der Waals surface area contributed by atoms with Crippen molar-refractivity contribution >= 4 is 40.6 Å². The van der Waals surface area contributed by atoms with E-state index in [1.54, 1.807) is 5.92 Å². The third kappa shape index (κ3) is 5.15. The first kappa shape index (κ1) is 29.5. The summed E-state index contributed by atoms with van der Waals surface area (Å²) >= 11 is 0. The number of fused-ring (bicyclic) bond motifs is 1. The molecule has 2 aromatic rings. The summed E-state index contributed by atoms with van der Waals surface area (Å²) in [6, 6.07) is 0. The molecule has 37 heavy (non-hydrogen) atoms. The van der Waals surface area contributed by atoms with Gasteiger partial charge in [0.05, 0.1) is 6.33 Å². The Morgan fingerprint density at radius 1 is 1.27 bits per heavy atom. The maximum absolute atomic E-state index is 15.8. The van der Waals surface area contributed by atoms with Crippen LogP contribution in [0.25, 0.3) is 11.2 Å². The summed E-state index contributed by atoms with van der Waals surface area (Å²) in [6.45, 7) is -0.903. The summed E-state index contributed by atoms with van der Waals surface area (Å²) in [5.41, 5.74) is -1.38. The van der Waals surface area contributed by atoms with Crippen LogP contribution in [0.1, 0.15) is 6.92 Å². The minimum absolute atomic E-state index is 0.333. The maximum Gasteiger partial charge on any atom is 0.490 e. The molecule has 1 aliphatic rings. The Hall–Kier alpha value is -2.07. The van der Waals surface area contributed by atoms with E-state index in [1.165, 1.54) is 7.05 Å². The van der Waals surface area contributed by atoms with Crippen LogP contribution < -0.4 is 11.3 Å². The van der Waals surface area contributed by atoms with Crippen molar-refractivity contribution in [3.05, 3.63) is 16.7 Å². The first-order valence-corrected chi connectivity index (χ1v) is 13.9. The van der Waals surface area contributed by atoms with Crippen molar-refractivity contribution in [1.82, 2.24) is 19.1 Å². The molecule has 2 aromatic heterocycles. The number of hydrogen-bond acceptors (Lipinski definition) is 13. The van der Waals surface area contributed by atoms with Gasteiger partial charge in [-0.2, -0.15) is 13.6 Å². The number of aliphatic hydroxyl groups is 2. The van der Waals surface area contributed by atoms with E-state index in [0.29, 0.717) is 0 Å². The van der Waals surface area contributed by atoms with Gasteiger partial charge in [0.1, 0.15) is 6.61 Å². The van der Waals surface area contributed by atoms with Crippen LogP contribution >= 0.6 is 23.5 Å². The fourth-order valence-electron chi connectivity index (χ4n) is 3.41. The number of terminal acetylenes is 1. The van der Waals surface area contributed by atoms with Crippen LogP contribution in [-0.2, 0) is 44.3 Å². The zero-order valence-corrected chi connectivity index (χ0v) is 21.2. The number of nitrogens with two attached hydrogens (primary N) is 1. The Balaban J connectivity index is 1.98. The Bertz CT molecular complexity index is 1500. The van der Waals surface area contributed by atoms with Crippen molar-refractivity contribution < 1.29 is 65.8 Å². The number of imidazole rings is 1. The average molecular weight is 593 g/mol. The van der Waals surface area contributed by atoms with Crippen molar-refractivity contribution in [2.24, 2.45) is 7.05 Å². The van der Waals surface area contributed by atoms with Gasteiger partial charge in [0, 0.05) is 7.05 Å². The molecule has 0 aromatic carbocycles. The third-order valence-corrected chi connectivity index (χ3v) is 9.00. The minimum Gasteiger partial charge on any atom is -0.383 e. The molecule has 1 fully saturated rings. The molecule has 0 spiro atoms. The Labute approximate surface area is 204 Å². The Kier molecular flexibility index (Phi) is 7.17. The number of aromatic nitrogens is 4. The highest BCUT2D eigenvalue weighted by atomic mass is 31.3. The Morgan fingerprint density at radius 2 is 1.86 bits per heavy atom. The predicted octanol–water partition coefficient (Wildman–Crippen LogP) is -1.85. The summed E-state index contributed by atoms with van der Waals surface area (Å²) < 4.78 is 67.9. The number of ether oxygens (including phenoxy) is 1. The number of alkyl halides is 1. The minimum atomic E-state index is -5.94. The second-order valence-electron chi connectivity index (χ2n) is 7.67. The summed E-state index contributed by atoms with van der Waals surface area (Å²) in [6.07, 6.45) is 3.41. The highest BCUT2D eigenvalue weighted by Gasteiger charge is 2.72. The van der Waals surface area contributed by atoms with Gasteiger partial charge >= 0.3 is 23.5 Å². The second-order valence-corrected chi connectivity index (χ2v) is 12.1. The smallest absolute Gasteiger partial charge is 0.383 e. The van der Waals surface area contributed by atoms with Gasteiger partial charge in [-0.1, -0.05) is 5.92 Å². The van der Waals surface area contributed by atoms with Crippen molar-refractivity contribution in [3.8, 4) is 12.3 Å². The van der Waals surface area contributed by atoms with E-state index >= 15 is 4.39 Å². The van der Waals surface area contributed by atoms with Crippen LogP contribution in [-0.4, -0.2) is 73.1 Å². The lowest BCUT2D eigenvalue weighted by molar-refractivity contribution is -0.238. The number of nitrogen functional groups attached to an aromatic ring is 1. The van der Waals surface area contributed by atoms with Gasteiger partial charge in [-0.15, -0.1) is 6.42 Å². The van der Waals surface area contributed by atoms with Crippen molar-refractivity contribution in [2.45, 2.75) is 30.2 Å². The first-order chi connectivity index (χ1) is 16.6. The fourth-order valence-corrected chi connectivity index (χ4v) is 6.45. The molecule has 206 valence electrons. The zero-order valence-electron chi connectivity index (χ0n) is 18.5. The summed E-state index contributed by atoms with van der Waals surface area (Å²) in [7, 11) is -16.2.